The first-order valence-electron chi connectivity index (χ1n) is 6.60. The van der Waals surface area contributed by atoms with Crippen molar-refractivity contribution in [2.45, 2.75) is 13.0 Å². The number of carboxylic acids is 1. The fraction of sp³-hybridized carbons (Fsp3) is 0.250. The highest BCUT2D eigenvalue weighted by atomic mass is 16.4. The van der Waals surface area contributed by atoms with Crippen LogP contribution in [0.25, 0.3) is 10.8 Å². The molecule has 0 aliphatic heterocycles. The largest absolute Gasteiger partial charge is 0.478 e. The molecule has 0 bridgehead atoms. The Morgan fingerprint density at radius 3 is 2.24 bits per heavy atom. The molecule has 0 aromatic heterocycles. The molecule has 110 valence electrons. The molecule has 1 unspecified atom stereocenters. The predicted molar refractivity (Wildman–Crippen MR) is 79.5 cm³/mol. The second-order valence-corrected chi connectivity index (χ2v) is 5.05. The van der Waals surface area contributed by atoms with Crippen LogP contribution in [-0.4, -0.2) is 46.7 Å². The van der Waals surface area contributed by atoms with Crippen molar-refractivity contribution >= 4 is 22.6 Å². The molecule has 0 spiro atoms. The number of aliphatic hydroxyl groups excluding tert-OH is 1. The zero-order valence-corrected chi connectivity index (χ0v) is 11.9. The Labute approximate surface area is 122 Å². The van der Waals surface area contributed by atoms with Gasteiger partial charge in [0.2, 0.25) is 0 Å². The first-order valence-corrected chi connectivity index (χ1v) is 6.60. The van der Waals surface area contributed by atoms with Gasteiger partial charge in [0.1, 0.15) is 0 Å². The molecule has 0 radical (unpaired) electrons. The predicted octanol–water partition coefficient (Wildman–Crippen LogP) is 1.99. The van der Waals surface area contributed by atoms with Gasteiger partial charge in [-0.2, -0.15) is 0 Å². The quantitative estimate of drug-likeness (QED) is 0.901. The summed E-state index contributed by atoms with van der Waals surface area (Å²) in [6, 6.07) is 10.0. The number of aromatic carboxylic acids is 1. The summed E-state index contributed by atoms with van der Waals surface area (Å²) in [6.07, 6.45) is -0.645. The van der Waals surface area contributed by atoms with Gasteiger partial charge in [0.25, 0.3) is 5.91 Å². The number of nitrogens with zero attached hydrogens (tertiary/aromatic N) is 1. The molecule has 21 heavy (non-hydrogen) atoms. The van der Waals surface area contributed by atoms with E-state index >= 15 is 0 Å². The van der Waals surface area contributed by atoms with E-state index in [9.17, 15) is 19.8 Å². The van der Waals surface area contributed by atoms with Crippen LogP contribution in [0.4, 0.5) is 0 Å². The summed E-state index contributed by atoms with van der Waals surface area (Å²) in [5.41, 5.74) is 0.426. The number of aliphatic hydroxyl groups is 1. The fourth-order valence-electron chi connectivity index (χ4n) is 2.38. The van der Waals surface area contributed by atoms with Gasteiger partial charge in [0.05, 0.1) is 11.7 Å². The van der Waals surface area contributed by atoms with Crippen LogP contribution in [0.2, 0.25) is 0 Å². The summed E-state index contributed by atoms with van der Waals surface area (Å²) in [4.78, 5) is 25.3. The van der Waals surface area contributed by atoms with E-state index in [0.717, 1.165) is 0 Å². The van der Waals surface area contributed by atoms with Crippen molar-refractivity contribution in [3.05, 3.63) is 47.5 Å². The molecule has 5 heteroatoms. The molecular weight excluding hydrogens is 270 g/mol. The summed E-state index contributed by atoms with van der Waals surface area (Å²) < 4.78 is 0. The Kier molecular flexibility index (Phi) is 4.23. The van der Waals surface area contributed by atoms with Crippen LogP contribution < -0.4 is 0 Å². The molecule has 1 atom stereocenters. The number of rotatable bonds is 4. The van der Waals surface area contributed by atoms with Crippen molar-refractivity contribution in [2.75, 3.05) is 13.6 Å². The standard InChI is InChI=1S/C16H17NO4/c1-10(18)9-17(2)15(19)12-7-3-5-11-6-4-8-13(14(11)12)16(20)21/h3-8,10,18H,9H2,1-2H3,(H,20,21). The Balaban J connectivity index is 2.58. The lowest BCUT2D eigenvalue weighted by Crippen LogP contribution is -2.33. The summed E-state index contributed by atoms with van der Waals surface area (Å²) in [7, 11) is 1.58. The van der Waals surface area contributed by atoms with E-state index in [4.69, 9.17) is 0 Å². The topological polar surface area (TPSA) is 77.8 Å². The number of fused-ring (bicyclic) bond motifs is 1. The molecule has 0 fully saturated rings. The maximum absolute atomic E-state index is 12.5. The smallest absolute Gasteiger partial charge is 0.336 e. The van der Waals surface area contributed by atoms with E-state index in [1.54, 1.807) is 44.3 Å². The van der Waals surface area contributed by atoms with E-state index in [1.165, 1.54) is 11.0 Å². The highest BCUT2D eigenvalue weighted by Crippen LogP contribution is 2.24. The van der Waals surface area contributed by atoms with E-state index in [-0.39, 0.29) is 18.0 Å². The van der Waals surface area contributed by atoms with Gasteiger partial charge in [-0.1, -0.05) is 24.3 Å². The average Bonchev–Trinajstić information content (AvgIpc) is 2.44. The second-order valence-electron chi connectivity index (χ2n) is 5.05. The monoisotopic (exact) mass is 287 g/mol. The molecule has 2 aromatic rings. The molecule has 2 rings (SSSR count). The van der Waals surface area contributed by atoms with Gasteiger partial charge in [-0.25, -0.2) is 4.79 Å². The number of amides is 1. The van der Waals surface area contributed by atoms with Gasteiger partial charge in [0, 0.05) is 24.5 Å². The third-order valence-corrected chi connectivity index (χ3v) is 3.25. The third-order valence-electron chi connectivity index (χ3n) is 3.25. The molecule has 0 heterocycles. The maximum atomic E-state index is 12.5. The van der Waals surface area contributed by atoms with E-state index < -0.39 is 12.1 Å². The molecule has 1 amide bonds. The van der Waals surface area contributed by atoms with Crippen LogP contribution in [0.1, 0.15) is 27.6 Å². The highest BCUT2D eigenvalue weighted by Gasteiger charge is 2.19. The second kappa shape index (κ2) is 5.93. The van der Waals surface area contributed by atoms with Crippen LogP contribution in [0, 0.1) is 0 Å². The molecular formula is C16H17NO4. The molecule has 2 aromatic carbocycles. The number of hydrogen-bond donors (Lipinski definition) is 2. The Morgan fingerprint density at radius 2 is 1.71 bits per heavy atom. The summed E-state index contributed by atoms with van der Waals surface area (Å²) in [5.74, 6) is -1.38. The lowest BCUT2D eigenvalue weighted by Gasteiger charge is -2.20. The number of carboxylic acid groups (broad SMARTS) is 1. The molecule has 0 aliphatic rings. The number of likely N-dealkylation sites (N-methyl/N-ethyl adjacent to an activating group) is 1. The minimum absolute atomic E-state index is 0.0990. The van der Waals surface area contributed by atoms with Gasteiger partial charge in [-0.3, -0.25) is 4.79 Å². The number of carbonyl (C=O) groups excluding carboxylic acids is 1. The first kappa shape index (κ1) is 15.0. The lowest BCUT2D eigenvalue weighted by atomic mass is 9.98. The fourth-order valence-corrected chi connectivity index (χ4v) is 2.38. The minimum atomic E-state index is -1.07. The highest BCUT2D eigenvalue weighted by molar-refractivity contribution is 6.14. The van der Waals surface area contributed by atoms with Crippen LogP contribution in [0.15, 0.2) is 36.4 Å². The maximum Gasteiger partial charge on any atom is 0.336 e. The summed E-state index contributed by atoms with van der Waals surface area (Å²) in [6.45, 7) is 1.78. The van der Waals surface area contributed by atoms with Crippen molar-refractivity contribution < 1.29 is 19.8 Å². The SMILES string of the molecule is CC(O)CN(C)C(=O)c1cccc2cccc(C(=O)O)c12. The van der Waals surface area contributed by atoms with Crippen LogP contribution >= 0.6 is 0 Å². The first-order chi connectivity index (χ1) is 9.91. The van der Waals surface area contributed by atoms with Crippen LogP contribution in [-0.2, 0) is 0 Å². The molecule has 0 aliphatic carbocycles. The van der Waals surface area contributed by atoms with Crippen molar-refractivity contribution in [1.82, 2.24) is 4.90 Å². The zero-order valence-electron chi connectivity index (χ0n) is 11.9. The third kappa shape index (κ3) is 3.03. The molecule has 0 saturated heterocycles. The van der Waals surface area contributed by atoms with Crippen LogP contribution in [0.5, 0.6) is 0 Å². The number of benzene rings is 2. The van der Waals surface area contributed by atoms with Crippen molar-refractivity contribution in [3.63, 3.8) is 0 Å². The zero-order chi connectivity index (χ0) is 15.6. The molecule has 2 N–H and O–H groups in total. The van der Waals surface area contributed by atoms with Gasteiger partial charge in [0.15, 0.2) is 0 Å². The summed E-state index contributed by atoms with van der Waals surface area (Å²) >= 11 is 0. The normalized spacial score (nSPS) is 12.1. The van der Waals surface area contributed by atoms with Gasteiger partial charge in [-0.15, -0.1) is 0 Å². The van der Waals surface area contributed by atoms with Crippen molar-refractivity contribution in [1.29, 1.82) is 0 Å². The van der Waals surface area contributed by atoms with E-state index in [1.807, 2.05) is 0 Å². The Morgan fingerprint density at radius 1 is 1.14 bits per heavy atom. The number of carbonyl (C=O) groups is 2. The lowest BCUT2D eigenvalue weighted by molar-refractivity contribution is 0.0699. The van der Waals surface area contributed by atoms with Crippen molar-refractivity contribution in [2.24, 2.45) is 0 Å². The average molecular weight is 287 g/mol. The van der Waals surface area contributed by atoms with E-state index in [0.29, 0.717) is 16.3 Å². The van der Waals surface area contributed by atoms with Crippen molar-refractivity contribution in [3.8, 4) is 0 Å². The Bertz CT molecular complexity index is 688. The van der Waals surface area contributed by atoms with Gasteiger partial charge >= 0.3 is 5.97 Å². The molecule has 5 nitrogen and oxygen atoms in total. The minimum Gasteiger partial charge on any atom is -0.478 e. The van der Waals surface area contributed by atoms with E-state index in [2.05, 4.69) is 0 Å². The molecule has 0 saturated carbocycles. The van der Waals surface area contributed by atoms with Crippen LogP contribution in [0.3, 0.4) is 0 Å². The van der Waals surface area contributed by atoms with Gasteiger partial charge in [-0.05, 0) is 24.4 Å². The summed E-state index contributed by atoms with van der Waals surface area (Å²) in [5, 5.41) is 19.8. The van der Waals surface area contributed by atoms with Gasteiger partial charge < -0.3 is 15.1 Å². The Hall–Kier alpha value is -2.40. The number of hydrogen-bond acceptors (Lipinski definition) is 3.